The van der Waals surface area contributed by atoms with Gasteiger partial charge in [-0.3, -0.25) is 4.79 Å². The van der Waals surface area contributed by atoms with Crippen molar-refractivity contribution in [1.82, 2.24) is 0 Å². The Morgan fingerprint density at radius 1 is 1.31 bits per heavy atom. The van der Waals surface area contributed by atoms with Crippen LogP contribution in [0.4, 0.5) is 0 Å². The summed E-state index contributed by atoms with van der Waals surface area (Å²) in [6, 6.07) is 0. The van der Waals surface area contributed by atoms with Gasteiger partial charge in [-0.05, 0) is 39.3 Å². The molecule has 0 bridgehead atoms. The number of epoxide rings is 1. The minimum absolute atomic E-state index is 0.151. The van der Waals surface area contributed by atoms with Crippen LogP contribution < -0.4 is 0 Å². The SMILES string of the molecule is C=C1C(=O)O[C@H]2/C=C(/C)[C@@H](OC(C)=O)C[C@H]3O[C@@]3(C)C[C@@H](OC(=O)/C(C)=C\C)[C@@H]12. The number of carbonyl (C=O) groups is 3. The molecule has 0 aromatic carbocycles. The van der Waals surface area contributed by atoms with Crippen LogP contribution in [0.3, 0.4) is 0 Å². The highest BCUT2D eigenvalue weighted by molar-refractivity contribution is 5.92. The molecule has 2 heterocycles. The monoisotopic (exact) mass is 404 g/mol. The van der Waals surface area contributed by atoms with E-state index in [2.05, 4.69) is 6.58 Å². The molecule has 0 unspecified atom stereocenters. The third kappa shape index (κ3) is 4.29. The van der Waals surface area contributed by atoms with Crippen LogP contribution in [0.5, 0.6) is 0 Å². The minimum atomic E-state index is -0.657. The van der Waals surface area contributed by atoms with Gasteiger partial charge < -0.3 is 18.9 Å². The van der Waals surface area contributed by atoms with Crippen LogP contribution in [0.1, 0.15) is 47.5 Å². The molecule has 0 amide bonds. The number of hydrogen-bond donors (Lipinski definition) is 0. The van der Waals surface area contributed by atoms with E-state index in [0.717, 1.165) is 5.57 Å². The predicted octanol–water partition coefficient (Wildman–Crippen LogP) is 2.79. The fraction of sp³-hybridized carbons (Fsp3) is 0.591. The van der Waals surface area contributed by atoms with Crippen LogP contribution >= 0.6 is 0 Å². The lowest BCUT2D eigenvalue weighted by Crippen LogP contribution is -2.38. The van der Waals surface area contributed by atoms with Gasteiger partial charge in [-0.25, -0.2) is 9.59 Å². The summed E-state index contributed by atoms with van der Waals surface area (Å²) in [5.41, 5.74) is 0.948. The average Bonchev–Trinajstić information content (AvgIpc) is 3.17. The molecule has 0 N–H and O–H groups in total. The zero-order valence-electron chi connectivity index (χ0n) is 17.5. The molecule has 0 aromatic rings. The van der Waals surface area contributed by atoms with E-state index in [1.54, 1.807) is 26.0 Å². The van der Waals surface area contributed by atoms with Crippen LogP contribution in [0.2, 0.25) is 0 Å². The largest absolute Gasteiger partial charge is 0.458 e. The Kier molecular flexibility index (Phi) is 5.72. The molecule has 2 fully saturated rings. The first kappa shape index (κ1) is 21.3. The van der Waals surface area contributed by atoms with Crippen molar-refractivity contribution < 1.29 is 33.3 Å². The van der Waals surface area contributed by atoms with Crippen molar-refractivity contribution in [2.45, 2.75) is 77.5 Å². The summed E-state index contributed by atoms with van der Waals surface area (Å²) in [4.78, 5) is 36.3. The van der Waals surface area contributed by atoms with Crippen molar-refractivity contribution in [3.05, 3.63) is 35.5 Å². The number of hydrogen-bond acceptors (Lipinski definition) is 7. The minimum Gasteiger partial charge on any atom is -0.458 e. The van der Waals surface area contributed by atoms with Gasteiger partial charge in [0, 0.05) is 30.9 Å². The molecule has 0 spiro atoms. The average molecular weight is 404 g/mol. The molecule has 7 heteroatoms. The zero-order chi connectivity index (χ0) is 21.5. The van der Waals surface area contributed by atoms with Crippen molar-refractivity contribution in [2.75, 3.05) is 0 Å². The third-order valence-corrected chi connectivity index (χ3v) is 5.99. The fourth-order valence-electron chi connectivity index (χ4n) is 4.03. The number of esters is 3. The lowest BCUT2D eigenvalue weighted by atomic mass is 9.82. The van der Waals surface area contributed by atoms with E-state index in [0.29, 0.717) is 18.4 Å². The molecule has 0 aromatic heterocycles. The Hall–Kier alpha value is -2.41. The van der Waals surface area contributed by atoms with Crippen molar-refractivity contribution in [3.8, 4) is 0 Å². The molecular formula is C22H28O7. The zero-order valence-corrected chi connectivity index (χ0v) is 17.5. The second-order valence-corrected chi connectivity index (χ2v) is 8.20. The number of allylic oxidation sites excluding steroid dienone is 1. The maximum atomic E-state index is 12.5. The van der Waals surface area contributed by atoms with E-state index in [-0.39, 0.29) is 17.6 Å². The van der Waals surface area contributed by atoms with E-state index in [9.17, 15) is 14.4 Å². The molecule has 7 nitrogen and oxygen atoms in total. The smallest absolute Gasteiger partial charge is 0.334 e. The highest BCUT2D eigenvalue weighted by Crippen LogP contribution is 2.48. The summed E-state index contributed by atoms with van der Waals surface area (Å²) in [7, 11) is 0. The van der Waals surface area contributed by atoms with Gasteiger partial charge in [0.1, 0.15) is 18.3 Å². The van der Waals surface area contributed by atoms with Crippen LogP contribution in [-0.2, 0) is 33.3 Å². The second-order valence-electron chi connectivity index (χ2n) is 8.20. The number of carbonyl (C=O) groups excluding carboxylic acids is 3. The summed E-state index contributed by atoms with van der Waals surface area (Å²) >= 11 is 0. The molecule has 6 atom stereocenters. The summed E-state index contributed by atoms with van der Waals surface area (Å²) in [5.74, 6) is -1.89. The van der Waals surface area contributed by atoms with Crippen molar-refractivity contribution in [2.24, 2.45) is 5.92 Å². The normalized spacial score (nSPS) is 38.7. The van der Waals surface area contributed by atoms with Gasteiger partial charge >= 0.3 is 17.9 Å². The standard InChI is InChI=1S/C22H28O7/c1-7-11(2)20(24)28-17-10-22(6)18(29-22)9-15(26-14(5)23)12(3)8-16-19(17)13(4)21(25)27-16/h7-8,15-19H,4,9-10H2,1-3,5-6H3/b11-7-,12-8-/t15-,16-,17+,18+,19-,22-/m0/s1. The van der Waals surface area contributed by atoms with E-state index in [1.807, 2.05) is 13.8 Å². The summed E-state index contributed by atoms with van der Waals surface area (Å²) < 4.78 is 22.7. The van der Waals surface area contributed by atoms with E-state index < -0.39 is 41.8 Å². The third-order valence-electron chi connectivity index (χ3n) is 5.99. The van der Waals surface area contributed by atoms with E-state index >= 15 is 0 Å². The Morgan fingerprint density at radius 2 is 2.00 bits per heavy atom. The van der Waals surface area contributed by atoms with Crippen molar-refractivity contribution in [1.29, 1.82) is 0 Å². The molecule has 0 saturated carbocycles. The van der Waals surface area contributed by atoms with Gasteiger partial charge in [-0.1, -0.05) is 12.7 Å². The second kappa shape index (κ2) is 7.78. The Morgan fingerprint density at radius 3 is 2.62 bits per heavy atom. The fourth-order valence-corrected chi connectivity index (χ4v) is 4.03. The highest BCUT2D eigenvalue weighted by atomic mass is 16.6. The molecule has 2 aliphatic heterocycles. The van der Waals surface area contributed by atoms with Crippen LogP contribution in [-0.4, -0.2) is 47.9 Å². The first-order valence-corrected chi connectivity index (χ1v) is 9.82. The molecule has 3 rings (SSSR count). The summed E-state index contributed by atoms with van der Waals surface area (Å²) in [5, 5.41) is 0. The van der Waals surface area contributed by atoms with Gasteiger partial charge in [0.2, 0.25) is 0 Å². The van der Waals surface area contributed by atoms with E-state index in [4.69, 9.17) is 18.9 Å². The van der Waals surface area contributed by atoms with Crippen molar-refractivity contribution in [3.63, 3.8) is 0 Å². The summed E-state index contributed by atoms with van der Waals surface area (Å²) in [6.07, 6.45) is 2.40. The Labute approximate surface area is 170 Å². The van der Waals surface area contributed by atoms with Gasteiger partial charge in [-0.15, -0.1) is 0 Å². The van der Waals surface area contributed by atoms with Gasteiger partial charge in [-0.2, -0.15) is 0 Å². The molecular weight excluding hydrogens is 376 g/mol. The van der Waals surface area contributed by atoms with Crippen LogP contribution in [0.25, 0.3) is 0 Å². The van der Waals surface area contributed by atoms with Gasteiger partial charge in [0.05, 0.1) is 17.6 Å². The molecule has 3 aliphatic rings. The lowest BCUT2D eigenvalue weighted by molar-refractivity contribution is -0.149. The quantitative estimate of drug-likeness (QED) is 0.235. The molecule has 158 valence electrons. The number of rotatable bonds is 3. The molecule has 1 aliphatic carbocycles. The highest BCUT2D eigenvalue weighted by Gasteiger charge is 2.58. The molecule has 2 saturated heterocycles. The first-order valence-electron chi connectivity index (χ1n) is 9.82. The summed E-state index contributed by atoms with van der Waals surface area (Å²) in [6.45, 7) is 12.4. The van der Waals surface area contributed by atoms with Gasteiger partial charge in [0.15, 0.2) is 0 Å². The van der Waals surface area contributed by atoms with Gasteiger partial charge in [0.25, 0.3) is 0 Å². The molecule has 0 radical (unpaired) electrons. The maximum absolute atomic E-state index is 12.5. The van der Waals surface area contributed by atoms with Crippen molar-refractivity contribution >= 4 is 17.9 Å². The Bertz CT molecular complexity index is 808. The number of fused-ring (bicyclic) bond motifs is 2. The molecule has 29 heavy (non-hydrogen) atoms. The Balaban J connectivity index is 1.99. The lowest BCUT2D eigenvalue weighted by Gasteiger charge is -2.29. The predicted molar refractivity (Wildman–Crippen MR) is 104 cm³/mol. The van der Waals surface area contributed by atoms with Crippen LogP contribution in [0.15, 0.2) is 35.5 Å². The topological polar surface area (TPSA) is 91.4 Å². The van der Waals surface area contributed by atoms with Crippen LogP contribution in [0, 0.1) is 5.92 Å². The number of ether oxygens (including phenoxy) is 4. The maximum Gasteiger partial charge on any atom is 0.334 e. The van der Waals surface area contributed by atoms with E-state index in [1.165, 1.54) is 6.92 Å². The first-order chi connectivity index (χ1) is 13.6.